The van der Waals surface area contributed by atoms with E-state index in [1.807, 2.05) is 96.1 Å². The molecule has 0 heterocycles. The van der Waals surface area contributed by atoms with Crippen molar-refractivity contribution in [1.82, 2.24) is 0 Å². The van der Waals surface area contributed by atoms with Gasteiger partial charge in [0.05, 0.1) is 37.9 Å². The van der Waals surface area contributed by atoms with Crippen LogP contribution in [0.3, 0.4) is 0 Å². The highest BCUT2D eigenvalue weighted by atomic mass is 16.3. The normalized spacial score (nSPS) is 14.1. The van der Waals surface area contributed by atoms with E-state index in [-0.39, 0.29) is 72.9 Å². The van der Waals surface area contributed by atoms with E-state index >= 15 is 0 Å². The molecule has 0 saturated carbocycles. The van der Waals surface area contributed by atoms with Crippen molar-refractivity contribution in [3.8, 4) is 50.6 Å². The van der Waals surface area contributed by atoms with E-state index in [4.69, 9.17) is 0 Å². The fourth-order valence-corrected chi connectivity index (χ4v) is 5.46. The van der Waals surface area contributed by atoms with Crippen LogP contribution in [-0.4, -0.2) is 87.2 Å². The maximum atomic E-state index is 10.7. The summed E-state index contributed by atoms with van der Waals surface area (Å²) in [5.41, 5.74) is 6.49. The van der Waals surface area contributed by atoms with Crippen molar-refractivity contribution in [2.45, 2.75) is 59.7 Å². The molecule has 4 aromatic carbocycles. The van der Waals surface area contributed by atoms with Crippen molar-refractivity contribution in [2.75, 3.05) is 19.8 Å². The number of phenols is 3. The molecular weight excluding hydrogens is 642 g/mol. The van der Waals surface area contributed by atoms with Crippen LogP contribution in [-0.2, 0) is 0 Å². The second-order valence-electron chi connectivity index (χ2n) is 13.9. The molecule has 0 bridgehead atoms. The van der Waals surface area contributed by atoms with Crippen LogP contribution in [0, 0.1) is 17.8 Å². The summed E-state index contributed by atoms with van der Waals surface area (Å²) in [5.74, 6) is 0.557. The molecule has 0 radical (unpaired) electrons. The summed E-state index contributed by atoms with van der Waals surface area (Å²) in [4.78, 5) is 13.6. The van der Waals surface area contributed by atoms with Crippen molar-refractivity contribution in [1.29, 1.82) is 0 Å². The molecule has 6 N–H and O–H groups in total. The average molecular weight is 694 g/mol. The molecule has 0 aliphatic rings. The predicted octanol–water partition coefficient (Wildman–Crippen LogP) is 7.11. The first-order chi connectivity index (χ1) is 24.3. The predicted molar refractivity (Wildman–Crippen MR) is 208 cm³/mol. The number of benzene rings is 4. The van der Waals surface area contributed by atoms with Gasteiger partial charge in [-0.05, 0) is 106 Å². The molecule has 0 aliphatic carbocycles. The van der Waals surface area contributed by atoms with Gasteiger partial charge >= 0.3 is 0 Å². The quantitative estimate of drug-likeness (QED) is 0.0729. The van der Waals surface area contributed by atoms with Crippen LogP contribution in [0.4, 0.5) is 0 Å². The van der Waals surface area contributed by atoms with Crippen LogP contribution in [0.25, 0.3) is 33.4 Å². The smallest absolute Gasteiger partial charge is 0.124 e. The van der Waals surface area contributed by atoms with E-state index in [9.17, 15) is 30.6 Å². The molecule has 0 saturated heterocycles. The highest BCUT2D eigenvalue weighted by Gasteiger charge is 2.15. The Morgan fingerprint density at radius 2 is 0.667 bits per heavy atom. The van der Waals surface area contributed by atoms with E-state index in [0.29, 0.717) is 16.7 Å². The Morgan fingerprint density at radius 1 is 0.412 bits per heavy atom. The Morgan fingerprint density at radius 3 is 0.882 bits per heavy atom. The van der Waals surface area contributed by atoms with Crippen LogP contribution in [0.5, 0.6) is 17.2 Å². The van der Waals surface area contributed by atoms with Crippen molar-refractivity contribution in [2.24, 2.45) is 32.7 Å². The van der Waals surface area contributed by atoms with Crippen LogP contribution in [0.15, 0.2) is 87.8 Å². The van der Waals surface area contributed by atoms with E-state index in [0.717, 1.165) is 33.4 Å². The Balaban J connectivity index is 1.89. The third kappa shape index (κ3) is 10.1. The summed E-state index contributed by atoms with van der Waals surface area (Å²) in [6, 6.07) is 21.1. The molecule has 0 spiro atoms. The number of phenolic OH excluding ortho intramolecular Hbond substituents is 3. The van der Waals surface area contributed by atoms with Crippen LogP contribution < -0.4 is 0 Å². The third-order valence-electron chi connectivity index (χ3n) is 9.10. The third-order valence-corrected chi connectivity index (χ3v) is 9.10. The standard InChI is InChI=1S/C42H51N3O6/c1-25(2)37(22-46)43-19-34-13-28(7-10-40(34)49)31-16-32(29-8-11-41(50)35(14-29)20-44-38(23-47)26(3)4)18-33(17-31)30-9-12-42(51)36(15-30)21-45-39(24-48)27(5)6/h7-21,25-27,37-39,46-51H,22-24H2,1-6H3/t37-,38-,39-/m1/s1. The van der Waals surface area contributed by atoms with Crippen molar-refractivity contribution in [3.05, 3.63) is 89.5 Å². The van der Waals surface area contributed by atoms with Crippen molar-refractivity contribution in [3.63, 3.8) is 0 Å². The first kappa shape index (κ1) is 39.0. The number of aliphatic hydroxyl groups is 3. The highest BCUT2D eigenvalue weighted by Crippen LogP contribution is 2.36. The number of aliphatic imine (C=N–C) groups is 3. The number of hydrogen-bond donors (Lipinski definition) is 6. The first-order valence-corrected chi connectivity index (χ1v) is 17.4. The molecule has 0 amide bonds. The summed E-state index contributed by atoms with van der Waals surface area (Å²) < 4.78 is 0. The fraction of sp³-hybridized carbons (Fsp3) is 0.357. The molecule has 0 aliphatic heterocycles. The lowest BCUT2D eigenvalue weighted by Gasteiger charge is -2.15. The zero-order valence-corrected chi connectivity index (χ0v) is 30.3. The highest BCUT2D eigenvalue weighted by molar-refractivity contribution is 5.91. The molecule has 0 unspecified atom stereocenters. The lowest BCUT2D eigenvalue weighted by molar-refractivity contribution is 0.240. The second-order valence-corrected chi connectivity index (χ2v) is 13.9. The molecule has 270 valence electrons. The summed E-state index contributed by atoms with van der Waals surface area (Å²) in [5, 5.41) is 61.5. The molecule has 0 fully saturated rings. The largest absolute Gasteiger partial charge is 0.507 e. The van der Waals surface area contributed by atoms with Gasteiger partial charge in [0.2, 0.25) is 0 Å². The lowest BCUT2D eigenvalue weighted by atomic mass is 9.91. The maximum absolute atomic E-state index is 10.7. The van der Waals surface area contributed by atoms with Crippen LogP contribution in [0.1, 0.15) is 58.2 Å². The first-order valence-electron chi connectivity index (χ1n) is 17.4. The summed E-state index contributed by atoms with van der Waals surface area (Å²) in [6.07, 6.45) is 4.78. The Hall–Kier alpha value is -4.83. The second kappa shape index (κ2) is 17.9. The van der Waals surface area contributed by atoms with Crippen molar-refractivity contribution < 1.29 is 30.6 Å². The van der Waals surface area contributed by atoms with Gasteiger partial charge in [-0.2, -0.15) is 0 Å². The Bertz CT molecular complexity index is 1640. The molecule has 51 heavy (non-hydrogen) atoms. The zero-order valence-electron chi connectivity index (χ0n) is 30.3. The lowest BCUT2D eigenvalue weighted by Crippen LogP contribution is -2.17. The Kier molecular flexibility index (Phi) is 13.7. The minimum absolute atomic E-state index is 0.0643. The minimum Gasteiger partial charge on any atom is -0.507 e. The fourth-order valence-electron chi connectivity index (χ4n) is 5.46. The van der Waals surface area contributed by atoms with Crippen molar-refractivity contribution >= 4 is 18.6 Å². The van der Waals surface area contributed by atoms with E-state index in [1.54, 1.807) is 36.8 Å². The molecule has 9 heteroatoms. The van der Waals surface area contributed by atoms with Gasteiger partial charge < -0.3 is 30.6 Å². The summed E-state index contributed by atoms with van der Waals surface area (Å²) >= 11 is 0. The van der Waals surface area contributed by atoms with Crippen LogP contribution >= 0.6 is 0 Å². The molecule has 4 rings (SSSR count). The topological polar surface area (TPSA) is 158 Å². The van der Waals surface area contributed by atoms with Gasteiger partial charge in [-0.15, -0.1) is 0 Å². The molecular formula is C42H51N3O6. The Labute approximate surface area is 301 Å². The minimum atomic E-state index is -0.302. The average Bonchev–Trinajstić information content (AvgIpc) is 3.10. The van der Waals surface area contributed by atoms with E-state index in [2.05, 4.69) is 15.0 Å². The van der Waals surface area contributed by atoms with E-state index < -0.39 is 0 Å². The van der Waals surface area contributed by atoms with Gasteiger partial charge in [-0.3, -0.25) is 15.0 Å². The van der Waals surface area contributed by atoms with E-state index in [1.165, 1.54) is 0 Å². The number of rotatable bonds is 15. The number of nitrogens with zero attached hydrogens (tertiary/aromatic N) is 3. The summed E-state index contributed by atoms with van der Waals surface area (Å²) in [7, 11) is 0. The SMILES string of the molecule is CC(C)[C@@H](CO)N=Cc1cc(-c2cc(-c3ccc(O)c(C=N[C@H](CO)C(C)C)c3)cc(-c3ccc(O)c(C=N[C@H](CO)C(C)C)c3)c2)ccc1O. The van der Waals surface area contributed by atoms with Gasteiger partial charge in [0, 0.05) is 35.3 Å². The molecule has 3 atom stereocenters. The molecule has 9 nitrogen and oxygen atoms in total. The monoisotopic (exact) mass is 693 g/mol. The van der Waals surface area contributed by atoms with Gasteiger partial charge in [0.1, 0.15) is 17.2 Å². The van der Waals surface area contributed by atoms with Gasteiger partial charge in [0.25, 0.3) is 0 Å². The van der Waals surface area contributed by atoms with Gasteiger partial charge in [-0.25, -0.2) is 0 Å². The molecule has 4 aromatic rings. The number of aliphatic hydroxyl groups excluding tert-OH is 3. The number of aromatic hydroxyl groups is 3. The maximum Gasteiger partial charge on any atom is 0.124 e. The number of hydrogen-bond acceptors (Lipinski definition) is 9. The molecule has 0 aromatic heterocycles. The summed E-state index contributed by atoms with van der Waals surface area (Å²) in [6.45, 7) is 11.6. The van der Waals surface area contributed by atoms with Gasteiger partial charge in [-0.1, -0.05) is 59.7 Å². The zero-order chi connectivity index (χ0) is 37.2. The van der Waals surface area contributed by atoms with Crippen LogP contribution in [0.2, 0.25) is 0 Å². The van der Waals surface area contributed by atoms with Gasteiger partial charge in [0.15, 0.2) is 0 Å².